The van der Waals surface area contributed by atoms with Crippen molar-refractivity contribution < 1.29 is 15.0 Å². The topological polar surface area (TPSA) is 83.5 Å². The zero-order valence-electron chi connectivity index (χ0n) is 9.04. The number of benzene rings is 1. The molecule has 0 fully saturated rings. The summed E-state index contributed by atoms with van der Waals surface area (Å²) >= 11 is 0. The van der Waals surface area contributed by atoms with Gasteiger partial charge in [-0.3, -0.25) is 4.79 Å². The molecule has 4 nitrogen and oxygen atoms in total. The van der Waals surface area contributed by atoms with Crippen LogP contribution in [0.3, 0.4) is 0 Å². The molecule has 1 aromatic carbocycles. The number of hydrogen-bond acceptors (Lipinski definition) is 3. The van der Waals surface area contributed by atoms with Gasteiger partial charge < -0.3 is 15.9 Å². The molecular weight excluding hydrogens is 206 g/mol. The maximum atomic E-state index is 11.0. The molecule has 0 spiro atoms. The highest BCUT2D eigenvalue weighted by atomic mass is 16.4. The molecule has 4 heteroatoms. The third kappa shape index (κ3) is 4.00. The minimum Gasteiger partial charge on any atom is -0.481 e. The summed E-state index contributed by atoms with van der Waals surface area (Å²) in [5.74, 6) is -1.47. The molecule has 0 heterocycles. The highest BCUT2D eigenvalue weighted by molar-refractivity contribution is 5.70. The van der Waals surface area contributed by atoms with E-state index in [1.807, 2.05) is 30.3 Å². The van der Waals surface area contributed by atoms with Crippen LogP contribution < -0.4 is 5.73 Å². The molecule has 2 atom stereocenters. The Labute approximate surface area is 94.7 Å². The number of carboxylic acids is 1. The molecule has 0 amide bonds. The lowest BCUT2D eigenvalue weighted by Gasteiger charge is -2.15. The summed E-state index contributed by atoms with van der Waals surface area (Å²) in [7, 11) is 0. The van der Waals surface area contributed by atoms with Crippen LogP contribution in [0.15, 0.2) is 30.3 Å². The molecule has 16 heavy (non-hydrogen) atoms. The van der Waals surface area contributed by atoms with Gasteiger partial charge in [0.15, 0.2) is 0 Å². The van der Waals surface area contributed by atoms with Gasteiger partial charge in [-0.15, -0.1) is 0 Å². The molecule has 0 aliphatic heterocycles. The minimum absolute atomic E-state index is 0.0958. The van der Waals surface area contributed by atoms with Gasteiger partial charge in [-0.05, 0) is 18.4 Å². The standard InChI is InChI=1S/C12H17NO3/c13-8-11(14)7-10(12(15)16)6-9-4-2-1-3-5-9/h1-5,10-11,14H,6-8,13H2,(H,15,16)/t10-,11+/m1/s1. The number of aliphatic carboxylic acids is 1. The Morgan fingerprint density at radius 1 is 1.31 bits per heavy atom. The van der Waals surface area contributed by atoms with Crippen molar-refractivity contribution in [3.63, 3.8) is 0 Å². The van der Waals surface area contributed by atoms with Crippen molar-refractivity contribution in [3.05, 3.63) is 35.9 Å². The first-order valence-electron chi connectivity index (χ1n) is 5.28. The molecule has 0 aromatic heterocycles. The van der Waals surface area contributed by atoms with Gasteiger partial charge in [0.1, 0.15) is 0 Å². The minimum atomic E-state index is -0.892. The predicted octanol–water partition coefficient (Wildman–Crippen LogP) is 0.640. The Morgan fingerprint density at radius 2 is 1.94 bits per heavy atom. The lowest BCUT2D eigenvalue weighted by molar-refractivity contribution is -0.142. The Hall–Kier alpha value is -1.39. The van der Waals surface area contributed by atoms with Gasteiger partial charge in [-0.25, -0.2) is 0 Å². The van der Waals surface area contributed by atoms with Gasteiger partial charge in [0.25, 0.3) is 0 Å². The van der Waals surface area contributed by atoms with Crippen molar-refractivity contribution in [1.82, 2.24) is 0 Å². The number of rotatable bonds is 6. The van der Waals surface area contributed by atoms with Crippen LogP contribution in [0.25, 0.3) is 0 Å². The van der Waals surface area contributed by atoms with Gasteiger partial charge in [-0.2, -0.15) is 0 Å². The van der Waals surface area contributed by atoms with Gasteiger partial charge in [0, 0.05) is 6.54 Å². The molecule has 0 saturated carbocycles. The van der Waals surface area contributed by atoms with Gasteiger partial charge in [0.2, 0.25) is 0 Å². The van der Waals surface area contributed by atoms with Crippen LogP contribution in [0, 0.1) is 5.92 Å². The second kappa shape index (κ2) is 6.25. The number of carbonyl (C=O) groups is 1. The second-order valence-corrected chi connectivity index (χ2v) is 3.85. The van der Waals surface area contributed by atoms with E-state index in [0.29, 0.717) is 6.42 Å². The Morgan fingerprint density at radius 3 is 2.44 bits per heavy atom. The second-order valence-electron chi connectivity index (χ2n) is 3.85. The normalized spacial score (nSPS) is 14.4. The van der Waals surface area contributed by atoms with E-state index in [2.05, 4.69) is 0 Å². The SMILES string of the molecule is NC[C@@H](O)C[C@@H](Cc1ccccc1)C(=O)O. The fraction of sp³-hybridized carbons (Fsp3) is 0.417. The van der Waals surface area contributed by atoms with E-state index in [1.165, 1.54) is 0 Å². The number of carboxylic acid groups (broad SMARTS) is 1. The number of aliphatic hydroxyl groups is 1. The summed E-state index contributed by atoms with van der Waals surface area (Å²) in [5.41, 5.74) is 6.23. The summed E-state index contributed by atoms with van der Waals surface area (Å²) < 4.78 is 0. The predicted molar refractivity (Wildman–Crippen MR) is 61.0 cm³/mol. The molecule has 0 radical (unpaired) electrons. The number of aliphatic hydroxyl groups excluding tert-OH is 1. The molecule has 0 aliphatic rings. The molecule has 88 valence electrons. The average molecular weight is 223 g/mol. The van der Waals surface area contributed by atoms with E-state index in [0.717, 1.165) is 5.56 Å². The highest BCUT2D eigenvalue weighted by Crippen LogP contribution is 2.14. The number of nitrogens with two attached hydrogens (primary N) is 1. The zero-order chi connectivity index (χ0) is 12.0. The summed E-state index contributed by atoms with van der Waals surface area (Å²) in [6.45, 7) is 0.0958. The van der Waals surface area contributed by atoms with E-state index in [9.17, 15) is 9.90 Å². The van der Waals surface area contributed by atoms with Crippen LogP contribution >= 0.6 is 0 Å². The lowest BCUT2D eigenvalue weighted by atomic mass is 9.94. The Kier molecular flexibility index (Phi) is 4.95. The van der Waals surface area contributed by atoms with Crippen molar-refractivity contribution >= 4 is 5.97 Å². The monoisotopic (exact) mass is 223 g/mol. The van der Waals surface area contributed by atoms with Crippen molar-refractivity contribution in [2.45, 2.75) is 18.9 Å². The fourth-order valence-corrected chi connectivity index (χ4v) is 1.59. The largest absolute Gasteiger partial charge is 0.481 e. The molecular formula is C12H17NO3. The summed E-state index contributed by atoms with van der Waals surface area (Å²) in [5, 5.41) is 18.4. The first kappa shape index (κ1) is 12.7. The maximum absolute atomic E-state index is 11.0. The zero-order valence-corrected chi connectivity index (χ0v) is 9.04. The van der Waals surface area contributed by atoms with E-state index >= 15 is 0 Å². The summed E-state index contributed by atoms with van der Waals surface area (Å²) in [6.07, 6.45) is -0.127. The van der Waals surface area contributed by atoms with Crippen LogP contribution in [0.1, 0.15) is 12.0 Å². The van der Waals surface area contributed by atoms with E-state index in [1.54, 1.807) is 0 Å². The molecule has 4 N–H and O–H groups in total. The average Bonchev–Trinajstić information content (AvgIpc) is 2.29. The third-order valence-corrected chi connectivity index (χ3v) is 2.50. The molecule has 1 aromatic rings. The van der Waals surface area contributed by atoms with Crippen LogP contribution in [0.2, 0.25) is 0 Å². The van der Waals surface area contributed by atoms with Gasteiger partial charge >= 0.3 is 5.97 Å². The van der Waals surface area contributed by atoms with Crippen molar-refractivity contribution in [1.29, 1.82) is 0 Å². The van der Waals surface area contributed by atoms with Gasteiger partial charge in [-0.1, -0.05) is 30.3 Å². The number of hydrogen-bond donors (Lipinski definition) is 3. The summed E-state index contributed by atoms with van der Waals surface area (Å²) in [4.78, 5) is 11.0. The first-order valence-corrected chi connectivity index (χ1v) is 5.28. The first-order chi connectivity index (χ1) is 7.63. The van der Waals surface area contributed by atoms with E-state index in [4.69, 9.17) is 10.8 Å². The highest BCUT2D eigenvalue weighted by Gasteiger charge is 2.21. The van der Waals surface area contributed by atoms with Crippen LogP contribution in [-0.4, -0.2) is 28.8 Å². The quantitative estimate of drug-likeness (QED) is 0.660. The van der Waals surface area contributed by atoms with Crippen LogP contribution in [0.5, 0.6) is 0 Å². The Balaban J connectivity index is 2.62. The maximum Gasteiger partial charge on any atom is 0.306 e. The third-order valence-electron chi connectivity index (χ3n) is 2.50. The molecule has 0 unspecified atom stereocenters. The Bertz CT molecular complexity index is 326. The van der Waals surface area contributed by atoms with E-state index in [-0.39, 0.29) is 13.0 Å². The fourth-order valence-electron chi connectivity index (χ4n) is 1.59. The smallest absolute Gasteiger partial charge is 0.306 e. The molecule has 0 bridgehead atoms. The van der Waals surface area contributed by atoms with Crippen LogP contribution in [0.4, 0.5) is 0 Å². The van der Waals surface area contributed by atoms with Crippen molar-refractivity contribution in [3.8, 4) is 0 Å². The van der Waals surface area contributed by atoms with Crippen molar-refractivity contribution in [2.75, 3.05) is 6.54 Å². The lowest BCUT2D eigenvalue weighted by Crippen LogP contribution is -2.27. The van der Waals surface area contributed by atoms with Gasteiger partial charge in [0.05, 0.1) is 12.0 Å². The molecule has 0 saturated heterocycles. The molecule has 0 aliphatic carbocycles. The van der Waals surface area contributed by atoms with Crippen molar-refractivity contribution in [2.24, 2.45) is 11.7 Å². The molecule has 1 rings (SSSR count). The summed E-state index contributed by atoms with van der Waals surface area (Å²) in [6, 6.07) is 9.38. The van der Waals surface area contributed by atoms with E-state index < -0.39 is 18.0 Å². The van der Waals surface area contributed by atoms with Crippen LogP contribution in [-0.2, 0) is 11.2 Å².